The van der Waals surface area contributed by atoms with Gasteiger partial charge in [0.1, 0.15) is 10.6 Å². The van der Waals surface area contributed by atoms with E-state index in [2.05, 4.69) is 0 Å². The van der Waals surface area contributed by atoms with Crippen molar-refractivity contribution in [2.45, 2.75) is 11.8 Å². The fourth-order valence-electron chi connectivity index (χ4n) is 1.59. The van der Waals surface area contributed by atoms with Gasteiger partial charge < -0.3 is 14.7 Å². The Bertz CT molecular complexity index is 681. The lowest BCUT2D eigenvalue weighted by atomic mass is 10.3. The SMILES string of the molecule is CCOc1ccc(S(=O)(=O)Oc2ccccc2N)cc1. The van der Waals surface area contributed by atoms with Crippen LogP contribution < -0.4 is 14.7 Å². The zero-order valence-electron chi connectivity index (χ0n) is 10.9. The monoisotopic (exact) mass is 293 g/mol. The van der Waals surface area contributed by atoms with Crippen molar-refractivity contribution in [3.05, 3.63) is 48.5 Å². The minimum absolute atomic E-state index is 0.0456. The molecule has 0 saturated heterocycles. The summed E-state index contributed by atoms with van der Waals surface area (Å²) in [5.41, 5.74) is 5.93. The van der Waals surface area contributed by atoms with Crippen molar-refractivity contribution in [3.8, 4) is 11.5 Å². The highest BCUT2D eigenvalue weighted by atomic mass is 32.2. The Kier molecular flexibility index (Phi) is 4.14. The summed E-state index contributed by atoms with van der Waals surface area (Å²) in [6, 6.07) is 12.4. The lowest BCUT2D eigenvalue weighted by Crippen LogP contribution is -2.10. The van der Waals surface area contributed by atoms with Gasteiger partial charge in [0.25, 0.3) is 0 Å². The molecule has 0 aliphatic carbocycles. The van der Waals surface area contributed by atoms with E-state index in [0.717, 1.165) is 0 Å². The average Bonchev–Trinajstić information content (AvgIpc) is 2.42. The number of hydrogen-bond donors (Lipinski definition) is 1. The molecule has 0 radical (unpaired) electrons. The molecule has 0 atom stereocenters. The number of nitrogens with two attached hydrogens (primary N) is 1. The van der Waals surface area contributed by atoms with Crippen molar-refractivity contribution in [1.29, 1.82) is 0 Å². The number of para-hydroxylation sites is 2. The van der Waals surface area contributed by atoms with Gasteiger partial charge in [0.05, 0.1) is 12.3 Å². The Balaban J connectivity index is 2.24. The highest BCUT2D eigenvalue weighted by Crippen LogP contribution is 2.25. The van der Waals surface area contributed by atoms with Gasteiger partial charge in [-0.2, -0.15) is 8.42 Å². The molecular formula is C14H15NO4S. The third-order valence-corrected chi connectivity index (χ3v) is 3.79. The number of hydrogen-bond acceptors (Lipinski definition) is 5. The summed E-state index contributed by atoms with van der Waals surface area (Å²) in [5.74, 6) is 0.715. The molecule has 6 heteroatoms. The molecule has 0 bridgehead atoms. The molecule has 5 nitrogen and oxygen atoms in total. The number of rotatable bonds is 5. The van der Waals surface area contributed by atoms with E-state index >= 15 is 0 Å². The van der Waals surface area contributed by atoms with E-state index in [9.17, 15) is 8.42 Å². The Morgan fingerprint density at radius 2 is 1.70 bits per heavy atom. The van der Waals surface area contributed by atoms with Crippen LogP contribution in [0.2, 0.25) is 0 Å². The molecule has 2 aromatic rings. The summed E-state index contributed by atoms with van der Waals surface area (Å²) in [6.07, 6.45) is 0. The summed E-state index contributed by atoms with van der Waals surface area (Å²) < 4.78 is 34.5. The second-order valence-corrected chi connectivity index (χ2v) is 5.53. The summed E-state index contributed by atoms with van der Waals surface area (Å²) in [5, 5.41) is 0. The van der Waals surface area contributed by atoms with E-state index in [4.69, 9.17) is 14.7 Å². The van der Waals surface area contributed by atoms with Crippen LogP contribution in [0.3, 0.4) is 0 Å². The van der Waals surface area contributed by atoms with Gasteiger partial charge >= 0.3 is 10.1 Å². The van der Waals surface area contributed by atoms with Crippen LogP contribution in [0.5, 0.6) is 11.5 Å². The lowest BCUT2D eigenvalue weighted by Gasteiger charge is -2.09. The molecular weight excluding hydrogens is 278 g/mol. The molecule has 0 aliphatic rings. The Hall–Kier alpha value is -2.21. The number of ether oxygens (including phenoxy) is 1. The van der Waals surface area contributed by atoms with Crippen molar-refractivity contribution >= 4 is 15.8 Å². The van der Waals surface area contributed by atoms with Crippen molar-refractivity contribution in [1.82, 2.24) is 0 Å². The Labute approximate surface area is 118 Å². The van der Waals surface area contributed by atoms with Crippen LogP contribution in [-0.2, 0) is 10.1 Å². The van der Waals surface area contributed by atoms with E-state index in [0.29, 0.717) is 12.4 Å². The molecule has 0 aliphatic heterocycles. The fraction of sp³-hybridized carbons (Fsp3) is 0.143. The van der Waals surface area contributed by atoms with E-state index in [-0.39, 0.29) is 16.3 Å². The van der Waals surface area contributed by atoms with Crippen molar-refractivity contribution in [2.75, 3.05) is 12.3 Å². The molecule has 2 N–H and O–H groups in total. The van der Waals surface area contributed by atoms with Crippen molar-refractivity contribution in [3.63, 3.8) is 0 Å². The third-order valence-electron chi connectivity index (χ3n) is 2.54. The van der Waals surface area contributed by atoms with E-state index in [1.165, 1.54) is 18.2 Å². The zero-order valence-corrected chi connectivity index (χ0v) is 11.8. The highest BCUT2D eigenvalue weighted by Gasteiger charge is 2.17. The zero-order chi connectivity index (χ0) is 14.6. The normalized spacial score (nSPS) is 11.1. The molecule has 0 aromatic heterocycles. The van der Waals surface area contributed by atoms with Crippen LogP contribution in [-0.4, -0.2) is 15.0 Å². The lowest BCUT2D eigenvalue weighted by molar-refractivity contribution is 0.340. The van der Waals surface area contributed by atoms with Gasteiger partial charge in [-0.25, -0.2) is 0 Å². The molecule has 20 heavy (non-hydrogen) atoms. The van der Waals surface area contributed by atoms with Crippen LogP contribution in [0, 0.1) is 0 Å². The minimum atomic E-state index is -3.90. The molecule has 2 aromatic carbocycles. The van der Waals surface area contributed by atoms with Gasteiger partial charge in [-0.1, -0.05) is 12.1 Å². The largest absolute Gasteiger partial charge is 0.494 e. The average molecular weight is 293 g/mol. The van der Waals surface area contributed by atoms with Gasteiger partial charge in [-0.3, -0.25) is 0 Å². The maximum atomic E-state index is 12.1. The van der Waals surface area contributed by atoms with Gasteiger partial charge in [-0.05, 0) is 43.3 Å². The smallest absolute Gasteiger partial charge is 0.339 e. The second kappa shape index (κ2) is 5.83. The molecule has 0 spiro atoms. The maximum Gasteiger partial charge on any atom is 0.339 e. The first-order valence-corrected chi connectivity index (χ1v) is 7.45. The van der Waals surface area contributed by atoms with Gasteiger partial charge in [0.2, 0.25) is 0 Å². The minimum Gasteiger partial charge on any atom is -0.494 e. The standard InChI is InChI=1S/C14H15NO4S/c1-2-18-11-7-9-12(10-8-11)20(16,17)19-14-6-4-3-5-13(14)15/h3-10H,2,15H2,1H3. The fourth-order valence-corrected chi connectivity index (χ4v) is 2.55. The van der Waals surface area contributed by atoms with Gasteiger partial charge in [-0.15, -0.1) is 0 Å². The van der Waals surface area contributed by atoms with Crippen LogP contribution in [0.25, 0.3) is 0 Å². The maximum absolute atomic E-state index is 12.1. The molecule has 0 heterocycles. The first kappa shape index (κ1) is 14.2. The summed E-state index contributed by atoms with van der Waals surface area (Å²) in [6.45, 7) is 2.37. The summed E-state index contributed by atoms with van der Waals surface area (Å²) >= 11 is 0. The first-order valence-electron chi connectivity index (χ1n) is 6.05. The summed E-state index contributed by atoms with van der Waals surface area (Å²) in [7, 11) is -3.90. The first-order chi connectivity index (χ1) is 9.53. The Morgan fingerprint density at radius 1 is 1.05 bits per heavy atom. The molecule has 0 fully saturated rings. The van der Waals surface area contributed by atoms with Crippen molar-refractivity contribution < 1.29 is 17.3 Å². The van der Waals surface area contributed by atoms with E-state index < -0.39 is 10.1 Å². The third kappa shape index (κ3) is 3.21. The van der Waals surface area contributed by atoms with Crippen LogP contribution in [0.1, 0.15) is 6.92 Å². The molecule has 0 saturated carbocycles. The number of anilines is 1. The summed E-state index contributed by atoms with van der Waals surface area (Å²) in [4.78, 5) is 0.0456. The predicted molar refractivity (Wildman–Crippen MR) is 76.3 cm³/mol. The molecule has 0 amide bonds. The quantitative estimate of drug-likeness (QED) is 0.676. The van der Waals surface area contributed by atoms with Crippen molar-refractivity contribution in [2.24, 2.45) is 0 Å². The predicted octanol–water partition coefficient (Wildman–Crippen LogP) is 2.44. The van der Waals surface area contributed by atoms with E-state index in [1.807, 2.05) is 6.92 Å². The highest BCUT2D eigenvalue weighted by molar-refractivity contribution is 7.87. The topological polar surface area (TPSA) is 78.6 Å². The van der Waals surface area contributed by atoms with Gasteiger partial charge in [0.15, 0.2) is 5.75 Å². The number of nitrogen functional groups attached to an aromatic ring is 1. The molecule has 2 rings (SSSR count). The van der Waals surface area contributed by atoms with Gasteiger partial charge in [0, 0.05) is 0 Å². The van der Waals surface area contributed by atoms with E-state index in [1.54, 1.807) is 30.3 Å². The molecule has 0 unspecified atom stereocenters. The van der Waals surface area contributed by atoms with Crippen LogP contribution in [0.4, 0.5) is 5.69 Å². The second-order valence-electron chi connectivity index (χ2n) is 3.98. The number of benzene rings is 2. The van der Waals surface area contributed by atoms with Crippen LogP contribution in [0.15, 0.2) is 53.4 Å². The Morgan fingerprint density at radius 3 is 2.30 bits per heavy atom. The van der Waals surface area contributed by atoms with Crippen LogP contribution >= 0.6 is 0 Å². The molecule has 106 valence electrons.